The van der Waals surface area contributed by atoms with E-state index < -0.39 is 0 Å². The Labute approximate surface area is 113 Å². The van der Waals surface area contributed by atoms with Crippen LogP contribution in [0.1, 0.15) is 24.8 Å². The Morgan fingerprint density at radius 2 is 2.26 bits per heavy atom. The summed E-state index contributed by atoms with van der Waals surface area (Å²) in [5, 5.41) is 3.32. The third-order valence-electron chi connectivity index (χ3n) is 4.04. The molecule has 4 nitrogen and oxygen atoms in total. The largest absolute Gasteiger partial charge is 0.493 e. The zero-order valence-electron chi connectivity index (χ0n) is 11.3. The molecular weight excluding hydrogens is 240 g/mol. The highest BCUT2D eigenvalue weighted by molar-refractivity contribution is 5.85. The van der Waals surface area contributed by atoms with Gasteiger partial charge >= 0.3 is 0 Å². The number of amides is 1. The Bertz CT molecular complexity index is 475. The van der Waals surface area contributed by atoms with E-state index in [0.717, 1.165) is 37.4 Å². The summed E-state index contributed by atoms with van der Waals surface area (Å²) in [6, 6.07) is 8.19. The first-order valence-electron chi connectivity index (χ1n) is 7.00. The number of hydrogen-bond donors (Lipinski definition) is 1. The molecule has 0 saturated carbocycles. The van der Waals surface area contributed by atoms with Gasteiger partial charge in [0.2, 0.25) is 5.91 Å². The van der Waals surface area contributed by atoms with E-state index in [1.165, 1.54) is 0 Å². The van der Waals surface area contributed by atoms with E-state index >= 15 is 0 Å². The molecule has 1 fully saturated rings. The number of fused-ring (bicyclic) bond motifs is 1. The monoisotopic (exact) mass is 260 g/mol. The Morgan fingerprint density at radius 3 is 3.11 bits per heavy atom. The molecule has 2 atom stereocenters. The van der Waals surface area contributed by atoms with E-state index in [2.05, 4.69) is 12.2 Å². The zero-order valence-corrected chi connectivity index (χ0v) is 11.3. The van der Waals surface area contributed by atoms with Crippen molar-refractivity contribution >= 4 is 5.91 Å². The van der Waals surface area contributed by atoms with Gasteiger partial charge in [-0.2, -0.15) is 0 Å². The smallest absolute Gasteiger partial charge is 0.230 e. The molecule has 4 heteroatoms. The summed E-state index contributed by atoms with van der Waals surface area (Å²) in [7, 11) is 0. The molecule has 0 aliphatic carbocycles. The van der Waals surface area contributed by atoms with Gasteiger partial charge in [-0.05, 0) is 19.4 Å². The molecule has 0 radical (unpaired) electrons. The number of hydrogen-bond acceptors (Lipinski definition) is 3. The lowest BCUT2D eigenvalue weighted by Gasteiger charge is -2.37. The van der Waals surface area contributed by atoms with E-state index in [-0.39, 0.29) is 17.9 Å². The van der Waals surface area contributed by atoms with Crippen molar-refractivity contribution in [1.29, 1.82) is 0 Å². The van der Waals surface area contributed by atoms with E-state index in [0.29, 0.717) is 6.61 Å². The van der Waals surface area contributed by atoms with Crippen molar-refractivity contribution in [2.24, 2.45) is 0 Å². The van der Waals surface area contributed by atoms with Crippen LogP contribution in [0.3, 0.4) is 0 Å². The first kappa shape index (κ1) is 12.5. The number of carbonyl (C=O) groups is 1. The molecule has 3 rings (SSSR count). The normalized spacial score (nSPS) is 26.5. The van der Waals surface area contributed by atoms with Crippen LogP contribution in [0.4, 0.5) is 0 Å². The van der Waals surface area contributed by atoms with Crippen LogP contribution < -0.4 is 10.1 Å². The maximum Gasteiger partial charge on any atom is 0.230 e. The Hall–Kier alpha value is -1.55. The molecule has 1 aromatic carbocycles. The highest BCUT2D eigenvalue weighted by atomic mass is 16.5. The molecule has 2 aliphatic rings. The number of nitrogens with zero attached hydrogens (tertiary/aromatic N) is 1. The molecule has 1 unspecified atom stereocenters. The van der Waals surface area contributed by atoms with Gasteiger partial charge in [0.1, 0.15) is 5.75 Å². The number of ether oxygens (including phenoxy) is 1. The number of nitrogens with one attached hydrogen (secondary N) is 1. The molecule has 102 valence electrons. The average molecular weight is 260 g/mol. The van der Waals surface area contributed by atoms with Gasteiger partial charge < -0.3 is 15.0 Å². The minimum Gasteiger partial charge on any atom is -0.493 e. The fourth-order valence-corrected chi connectivity index (χ4v) is 2.97. The van der Waals surface area contributed by atoms with Gasteiger partial charge in [-0.3, -0.25) is 4.79 Å². The maximum absolute atomic E-state index is 12.8. The first-order valence-corrected chi connectivity index (χ1v) is 7.00. The van der Waals surface area contributed by atoms with Gasteiger partial charge in [0.05, 0.1) is 12.5 Å². The van der Waals surface area contributed by atoms with Crippen LogP contribution in [-0.2, 0) is 4.79 Å². The summed E-state index contributed by atoms with van der Waals surface area (Å²) in [6.45, 7) is 5.32. The quantitative estimate of drug-likeness (QED) is 0.829. The lowest BCUT2D eigenvalue weighted by atomic mass is 9.91. The summed E-state index contributed by atoms with van der Waals surface area (Å²) >= 11 is 0. The third kappa shape index (κ3) is 2.32. The SMILES string of the molecule is C[C@H]1CNCCN1C(=O)C1CCOc2ccccc21. The zero-order chi connectivity index (χ0) is 13.2. The van der Waals surface area contributed by atoms with Crippen molar-refractivity contribution < 1.29 is 9.53 Å². The van der Waals surface area contributed by atoms with E-state index in [1.54, 1.807) is 0 Å². The van der Waals surface area contributed by atoms with Crippen LogP contribution in [-0.4, -0.2) is 43.1 Å². The summed E-state index contributed by atoms with van der Waals surface area (Å²) in [5.74, 6) is 1.09. The fourth-order valence-electron chi connectivity index (χ4n) is 2.97. The van der Waals surface area contributed by atoms with E-state index in [1.807, 2.05) is 29.2 Å². The van der Waals surface area contributed by atoms with Crippen LogP contribution in [0.15, 0.2) is 24.3 Å². The molecule has 0 aromatic heterocycles. The van der Waals surface area contributed by atoms with Crippen molar-refractivity contribution in [1.82, 2.24) is 10.2 Å². The summed E-state index contributed by atoms with van der Waals surface area (Å²) in [5.41, 5.74) is 1.05. The second kappa shape index (κ2) is 5.21. The second-order valence-corrected chi connectivity index (χ2v) is 5.31. The number of para-hydroxylation sites is 1. The van der Waals surface area contributed by atoms with Crippen LogP contribution in [0, 0.1) is 0 Å². The minimum atomic E-state index is -0.0366. The van der Waals surface area contributed by atoms with Gasteiger partial charge in [0.15, 0.2) is 0 Å². The number of carbonyl (C=O) groups excluding carboxylic acids is 1. The molecule has 2 aliphatic heterocycles. The van der Waals surface area contributed by atoms with Crippen molar-refractivity contribution in [2.75, 3.05) is 26.2 Å². The predicted molar refractivity (Wildman–Crippen MR) is 73.3 cm³/mol. The fraction of sp³-hybridized carbons (Fsp3) is 0.533. The van der Waals surface area contributed by atoms with Crippen LogP contribution >= 0.6 is 0 Å². The highest BCUT2D eigenvalue weighted by Crippen LogP contribution is 2.34. The molecule has 0 spiro atoms. The van der Waals surface area contributed by atoms with Crippen molar-refractivity contribution in [3.05, 3.63) is 29.8 Å². The highest BCUT2D eigenvalue weighted by Gasteiger charge is 2.33. The molecule has 1 saturated heterocycles. The first-order chi connectivity index (χ1) is 9.27. The number of piperazine rings is 1. The maximum atomic E-state index is 12.8. The van der Waals surface area contributed by atoms with Gasteiger partial charge in [-0.25, -0.2) is 0 Å². The van der Waals surface area contributed by atoms with Gasteiger partial charge in [0.25, 0.3) is 0 Å². The summed E-state index contributed by atoms with van der Waals surface area (Å²) in [4.78, 5) is 14.8. The van der Waals surface area contributed by atoms with Crippen molar-refractivity contribution in [2.45, 2.75) is 25.3 Å². The standard InChI is InChI=1S/C15H20N2O2/c1-11-10-16-7-8-17(11)15(18)13-6-9-19-14-5-3-2-4-12(13)14/h2-5,11,13,16H,6-10H2,1H3/t11-,13?/m0/s1. The van der Waals surface area contributed by atoms with Crippen molar-refractivity contribution in [3.63, 3.8) is 0 Å². The lowest BCUT2D eigenvalue weighted by Crippen LogP contribution is -2.53. The third-order valence-corrected chi connectivity index (χ3v) is 4.04. The molecule has 0 bridgehead atoms. The molecule has 1 N–H and O–H groups in total. The molecule has 1 aromatic rings. The van der Waals surface area contributed by atoms with E-state index in [4.69, 9.17) is 4.74 Å². The molecule has 2 heterocycles. The van der Waals surface area contributed by atoms with Crippen LogP contribution in [0.5, 0.6) is 5.75 Å². The summed E-state index contributed by atoms with van der Waals surface area (Å²) < 4.78 is 5.63. The molecular formula is C15H20N2O2. The van der Waals surface area contributed by atoms with Crippen LogP contribution in [0.2, 0.25) is 0 Å². The van der Waals surface area contributed by atoms with E-state index in [9.17, 15) is 4.79 Å². The Balaban J connectivity index is 1.84. The number of benzene rings is 1. The summed E-state index contributed by atoms with van der Waals surface area (Å²) in [6.07, 6.45) is 0.784. The van der Waals surface area contributed by atoms with Crippen molar-refractivity contribution in [3.8, 4) is 5.75 Å². The predicted octanol–water partition coefficient (Wildman–Crippen LogP) is 1.37. The molecule has 19 heavy (non-hydrogen) atoms. The topological polar surface area (TPSA) is 41.6 Å². The minimum absolute atomic E-state index is 0.0366. The molecule has 1 amide bonds. The lowest BCUT2D eigenvalue weighted by molar-refractivity contribution is -0.136. The van der Waals surface area contributed by atoms with Gasteiger partial charge in [0, 0.05) is 31.2 Å². The Morgan fingerprint density at radius 1 is 1.42 bits per heavy atom. The second-order valence-electron chi connectivity index (χ2n) is 5.31. The number of rotatable bonds is 1. The van der Waals surface area contributed by atoms with Crippen LogP contribution in [0.25, 0.3) is 0 Å². The average Bonchev–Trinajstić information content (AvgIpc) is 2.46. The van der Waals surface area contributed by atoms with Gasteiger partial charge in [-0.15, -0.1) is 0 Å². The Kier molecular flexibility index (Phi) is 3.42. The van der Waals surface area contributed by atoms with Gasteiger partial charge in [-0.1, -0.05) is 18.2 Å².